The minimum absolute atomic E-state index is 1.29. The molecule has 0 aromatic heterocycles. The quantitative estimate of drug-likeness (QED) is 0.304. The molecule has 4 aromatic carbocycles. The topological polar surface area (TPSA) is 0 Å². The molecule has 0 atom stereocenters. The van der Waals surface area contributed by atoms with Crippen molar-refractivity contribution in [2.24, 2.45) is 0 Å². The van der Waals surface area contributed by atoms with Gasteiger partial charge in [-0.25, -0.2) is 12.1 Å². The molecule has 0 unspecified atom stereocenters. The van der Waals surface area contributed by atoms with Crippen LogP contribution >= 0.6 is 0 Å². The molecule has 24 heavy (non-hydrogen) atoms. The second-order valence-electron chi connectivity index (χ2n) is 5.08. The molecule has 0 amide bonds. The fraction of sp³-hybridized carbons (Fsp3) is 0. The van der Waals surface area contributed by atoms with Crippen molar-refractivity contribution in [3.63, 3.8) is 0 Å². The smallest absolute Gasteiger partial charge is 0.0623 e. The first-order valence-corrected chi connectivity index (χ1v) is 8.93. The van der Waals surface area contributed by atoms with E-state index >= 15 is 0 Å². The van der Waals surface area contributed by atoms with Crippen LogP contribution in [-0.4, -0.2) is 4.82 Å². The summed E-state index contributed by atoms with van der Waals surface area (Å²) in [5.74, 6) is 0. The van der Waals surface area contributed by atoms with Crippen LogP contribution in [0.5, 0.6) is 0 Å². The van der Waals surface area contributed by atoms with Gasteiger partial charge in [0.05, 0.1) is 0 Å². The van der Waals surface area contributed by atoms with Gasteiger partial charge in [0.2, 0.25) is 0 Å². The van der Waals surface area contributed by atoms with Crippen molar-refractivity contribution in [2.75, 3.05) is 0 Å². The minimum atomic E-state index is 1.29. The van der Waals surface area contributed by atoms with Crippen LogP contribution in [0.3, 0.4) is 0 Å². The third-order valence-corrected chi connectivity index (χ3v) is 3.54. The van der Waals surface area contributed by atoms with Gasteiger partial charge in [-0.1, -0.05) is 71.8 Å². The Kier molecular flexibility index (Phi) is 7.90. The zero-order valence-corrected chi connectivity index (χ0v) is 15.2. The van der Waals surface area contributed by atoms with Crippen LogP contribution in [0.1, 0.15) is 0 Å². The van der Waals surface area contributed by atoms with Crippen molar-refractivity contribution in [1.29, 1.82) is 0 Å². The largest absolute Gasteiger partial charge is 0.206 e. The molecule has 0 nitrogen and oxygen atoms in total. The van der Waals surface area contributed by atoms with Crippen LogP contribution in [0.4, 0.5) is 0 Å². The Morgan fingerprint density at radius 1 is 0.500 bits per heavy atom. The average molecular weight is 344 g/mol. The van der Waals surface area contributed by atoms with E-state index in [-0.39, 0.29) is 0 Å². The van der Waals surface area contributed by atoms with Crippen LogP contribution in [0, 0.1) is 0 Å². The van der Waals surface area contributed by atoms with Gasteiger partial charge in [-0.3, -0.25) is 0 Å². The first-order chi connectivity index (χ1) is 11.9. The maximum absolute atomic E-state index is 3.25. The van der Waals surface area contributed by atoms with E-state index in [9.17, 15) is 0 Å². The maximum atomic E-state index is 3.25. The van der Waals surface area contributed by atoms with Gasteiger partial charge in [0.1, 0.15) is 0 Å². The molecule has 1 heteroatoms. The predicted molar refractivity (Wildman–Crippen MR) is 102 cm³/mol. The molecule has 0 N–H and O–H groups in total. The molecular formula is C23H20Ti. The Morgan fingerprint density at radius 3 is 1.17 bits per heavy atom. The van der Waals surface area contributed by atoms with Crippen molar-refractivity contribution in [3.8, 4) is 22.3 Å². The summed E-state index contributed by atoms with van der Waals surface area (Å²) in [4.78, 5) is 3.25. The first-order valence-electron chi connectivity index (χ1n) is 7.83. The third-order valence-electron chi connectivity index (χ3n) is 3.54. The Hall–Kier alpha value is -2.28. The molecular weight excluding hydrogens is 324 g/mol. The van der Waals surface area contributed by atoms with Crippen LogP contribution in [-0.2, 0) is 20.0 Å². The summed E-state index contributed by atoms with van der Waals surface area (Å²) < 4.78 is 0. The van der Waals surface area contributed by atoms with Gasteiger partial charge >= 0.3 is 24.8 Å². The monoisotopic (exact) mass is 344 g/mol. The molecule has 0 aliphatic heterocycles. The van der Waals surface area contributed by atoms with Crippen molar-refractivity contribution in [1.82, 2.24) is 0 Å². The van der Waals surface area contributed by atoms with E-state index in [0.717, 1.165) is 0 Å². The van der Waals surface area contributed by atoms with Crippen LogP contribution in [0.2, 0.25) is 0 Å². The number of hydrogen-bond acceptors (Lipinski definition) is 0. The van der Waals surface area contributed by atoms with E-state index in [2.05, 4.69) is 102 Å². The summed E-state index contributed by atoms with van der Waals surface area (Å²) in [7, 11) is 0. The number of hydrogen-bond donors (Lipinski definition) is 0. The van der Waals surface area contributed by atoms with Gasteiger partial charge in [-0.2, -0.15) is 47.5 Å². The molecule has 116 valence electrons. The second-order valence-corrected chi connectivity index (χ2v) is 5.08. The molecule has 0 fully saturated rings. The summed E-state index contributed by atoms with van der Waals surface area (Å²) in [6.07, 6.45) is 0. The summed E-state index contributed by atoms with van der Waals surface area (Å²) in [6.45, 7) is 0. The second kappa shape index (κ2) is 10.5. The van der Waals surface area contributed by atoms with E-state index in [4.69, 9.17) is 0 Å². The molecule has 0 spiro atoms. The Labute approximate surface area is 156 Å². The summed E-state index contributed by atoms with van der Waals surface area (Å²) in [5.41, 5.74) is 5.17. The van der Waals surface area contributed by atoms with Gasteiger partial charge in [-0.05, 0) is 0 Å². The molecule has 0 aliphatic rings. The van der Waals surface area contributed by atoms with Crippen LogP contribution < -0.4 is 0 Å². The van der Waals surface area contributed by atoms with Crippen molar-refractivity contribution < 1.29 is 20.0 Å². The molecule has 0 bridgehead atoms. The van der Waals surface area contributed by atoms with Crippen LogP contribution in [0.25, 0.3) is 22.3 Å². The van der Waals surface area contributed by atoms with Gasteiger partial charge in [0.15, 0.2) is 0 Å². The van der Waals surface area contributed by atoms with Crippen molar-refractivity contribution in [2.45, 2.75) is 0 Å². The van der Waals surface area contributed by atoms with Crippen molar-refractivity contribution >= 4 is 4.82 Å². The molecule has 0 heterocycles. The minimum Gasteiger partial charge on any atom is -0.206 e. The van der Waals surface area contributed by atoms with E-state index in [1.54, 1.807) is 20.0 Å². The van der Waals surface area contributed by atoms with E-state index < -0.39 is 0 Å². The molecule has 0 saturated heterocycles. The summed E-state index contributed by atoms with van der Waals surface area (Å²) in [5, 5.41) is 0. The van der Waals surface area contributed by atoms with Gasteiger partial charge in [-0.15, -0.1) is 0 Å². The molecule has 0 radical (unpaired) electrons. The van der Waals surface area contributed by atoms with Crippen LogP contribution in [0.15, 0.2) is 109 Å². The van der Waals surface area contributed by atoms with E-state index in [0.29, 0.717) is 0 Å². The molecule has 4 aromatic rings. The number of benzene rings is 2. The zero-order chi connectivity index (χ0) is 17.0. The number of rotatable bonds is 2. The fourth-order valence-corrected chi connectivity index (χ4v) is 2.39. The Bertz CT molecular complexity index is 697. The van der Waals surface area contributed by atoms with Crippen molar-refractivity contribution in [3.05, 3.63) is 109 Å². The van der Waals surface area contributed by atoms with Gasteiger partial charge < -0.3 is 0 Å². The maximum Gasteiger partial charge on any atom is -0.0623 e. The fourth-order valence-electron chi connectivity index (χ4n) is 2.39. The normalized spacial score (nSPS) is 9.25. The standard InChI is InChI=1S/2C11H9.CH2.Ti/c2*1-2-6-10(7-3-1)11-8-4-5-9-11;;/h2*1-9H;1H2;/q2*-1;;+2. The average Bonchev–Trinajstić information content (AvgIpc) is 3.39. The third kappa shape index (κ3) is 5.42. The van der Waals surface area contributed by atoms with E-state index in [1.807, 2.05) is 12.1 Å². The molecule has 4 rings (SSSR count). The Balaban J connectivity index is 0.000000158. The summed E-state index contributed by atoms with van der Waals surface area (Å²) >= 11 is 1.75. The molecule has 0 saturated carbocycles. The summed E-state index contributed by atoms with van der Waals surface area (Å²) in [6, 6.07) is 37.5. The zero-order valence-electron chi connectivity index (χ0n) is 13.6. The van der Waals surface area contributed by atoms with Gasteiger partial charge in [0, 0.05) is 0 Å². The molecule has 0 aliphatic carbocycles. The SMILES string of the molecule is [CH2]=[Ti+2].c1ccc(-c2cc[cH-]c2)cc1.c1ccc(-c2cc[cH-]c2)cc1. The van der Waals surface area contributed by atoms with Gasteiger partial charge in [0.25, 0.3) is 0 Å². The Morgan fingerprint density at radius 2 is 0.875 bits per heavy atom. The predicted octanol–water partition coefficient (Wildman–Crippen LogP) is 6.11. The first kappa shape index (κ1) is 18.1. The van der Waals surface area contributed by atoms with E-state index in [1.165, 1.54) is 22.3 Å².